The number of carbonyl (C=O) groups is 1. The Balaban J connectivity index is 2.24. The summed E-state index contributed by atoms with van der Waals surface area (Å²) in [6, 6.07) is 3.36. The van der Waals surface area contributed by atoms with E-state index in [-0.39, 0.29) is 18.0 Å². The molecule has 1 aliphatic rings. The Morgan fingerprint density at radius 1 is 1.38 bits per heavy atom. The number of fused-ring (bicyclic) bond motifs is 1. The molecule has 0 bridgehead atoms. The normalized spacial score (nSPS) is 14.8. The Morgan fingerprint density at radius 2 is 2.12 bits per heavy atom. The van der Waals surface area contributed by atoms with Crippen LogP contribution in [0, 0.1) is 0 Å². The van der Waals surface area contributed by atoms with Crippen molar-refractivity contribution in [1.29, 1.82) is 0 Å². The van der Waals surface area contributed by atoms with E-state index >= 15 is 0 Å². The molecule has 0 saturated carbocycles. The first kappa shape index (κ1) is 10.6. The van der Waals surface area contributed by atoms with E-state index in [0.29, 0.717) is 0 Å². The summed E-state index contributed by atoms with van der Waals surface area (Å²) in [5, 5.41) is 3.53. The van der Waals surface area contributed by atoms with Crippen LogP contribution in [0.25, 0.3) is 0 Å². The standard InChI is InChI=1S/C9H5F3NO3/c10-9(11,12)16-5-1-2-7-6(3-5)13-8(14)4-15-7/h1-3H,4H2. The second-order valence-corrected chi connectivity index (χ2v) is 2.97. The van der Waals surface area contributed by atoms with E-state index < -0.39 is 18.0 Å². The predicted octanol–water partition coefficient (Wildman–Crippen LogP) is 1.74. The maximum absolute atomic E-state index is 11.9. The fraction of sp³-hybridized carbons (Fsp3) is 0.222. The first-order valence-corrected chi connectivity index (χ1v) is 4.21. The van der Waals surface area contributed by atoms with Gasteiger partial charge in [-0.1, -0.05) is 0 Å². The number of hydrogen-bond donors (Lipinski definition) is 0. The van der Waals surface area contributed by atoms with Crippen molar-refractivity contribution in [2.45, 2.75) is 6.36 Å². The van der Waals surface area contributed by atoms with E-state index in [1.807, 2.05) is 0 Å². The number of hydrogen-bond acceptors (Lipinski definition) is 3. The van der Waals surface area contributed by atoms with Crippen LogP contribution in [0.1, 0.15) is 0 Å². The van der Waals surface area contributed by atoms with Gasteiger partial charge in [0, 0.05) is 6.07 Å². The lowest BCUT2D eigenvalue weighted by molar-refractivity contribution is -0.274. The molecule has 0 fully saturated rings. The second-order valence-electron chi connectivity index (χ2n) is 2.97. The van der Waals surface area contributed by atoms with Gasteiger partial charge in [0.1, 0.15) is 17.2 Å². The van der Waals surface area contributed by atoms with Crippen LogP contribution in [0.15, 0.2) is 18.2 Å². The SMILES string of the molecule is O=C1COc2ccc(OC(F)(F)F)cc2[N]1. The quantitative estimate of drug-likeness (QED) is 0.740. The van der Waals surface area contributed by atoms with Crippen molar-refractivity contribution in [1.82, 2.24) is 5.32 Å². The Labute approximate surface area is 88.0 Å². The molecule has 1 amide bonds. The molecule has 1 aromatic carbocycles. The van der Waals surface area contributed by atoms with Crippen molar-refractivity contribution in [2.24, 2.45) is 0 Å². The third-order valence-electron chi connectivity index (χ3n) is 1.76. The second kappa shape index (κ2) is 3.58. The average molecular weight is 232 g/mol. The molecule has 1 radical (unpaired) electrons. The zero-order valence-electron chi connectivity index (χ0n) is 7.75. The lowest BCUT2D eigenvalue weighted by atomic mass is 10.2. The zero-order valence-corrected chi connectivity index (χ0v) is 7.75. The van der Waals surface area contributed by atoms with Gasteiger partial charge in [-0.05, 0) is 12.1 Å². The summed E-state index contributed by atoms with van der Waals surface area (Å²) >= 11 is 0. The van der Waals surface area contributed by atoms with Gasteiger partial charge in [-0.2, -0.15) is 0 Å². The monoisotopic (exact) mass is 232 g/mol. The van der Waals surface area contributed by atoms with Crippen LogP contribution >= 0.6 is 0 Å². The van der Waals surface area contributed by atoms with Gasteiger partial charge in [0.25, 0.3) is 5.91 Å². The largest absolute Gasteiger partial charge is 0.573 e. The molecular formula is C9H5F3NO3. The van der Waals surface area contributed by atoms with E-state index in [1.54, 1.807) is 0 Å². The van der Waals surface area contributed by atoms with Crippen LogP contribution in [-0.2, 0) is 4.79 Å². The number of ether oxygens (including phenoxy) is 2. The van der Waals surface area contributed by atoms with Crippen molar-refractivity contribution in [3.63, 3.8) is 0 Å². The molecule has 0 spiro atoms. The summed E-state index contributed by atoms with van der Waals surface area (Å²) in [5.74, 6) is -0.723. The molecule has 0 N–H and O–H groups in total. The molecule has 1 heterocycles. The van der Waals surface area contributed by atoms with Crippen molar-refractivity contribution in [2.75, 3.05) is 6.61 Å². The van der Waals surface area contributed by atoms with Gasteiger partial charge < -0.3 is 9.47 Å². The Bertz CT molecular complexity index is 430. The maximum atomic E-state index is 11.9. The molecule has 0 atom stereocenters. The van der Waals surface area contributed by atoms with Crippen LogP contribution in [-0.4, -0.2) is 18.9 Å². The summed E-state index contributed by atoms with van der Waals surface area (Å²) in [5.41, 5.74) is 0.0398. The highest BCUT2D eigenvalue weighted by Gasteiger charge is 2.31. The van der Waals surface area contributed by atoms with E-state index in [9.17, 15) is 18.0 Å². The Kier molecular flexibility index (Phi) is 2.37. The summed E-state index contributed by atoms with van der Waals surface area (Å²) in [6.45, 7) is -0.202. The van der Waals surface area contributed by atoms with Crippen molar-refractivity contribution < 1.29 is 27.4 Å². The lowest BCUT2D eigenvalue weighted by Crippen LogP contribution is -2.24. The molecule has 1 aliphatic heterocycles. The minimum atomic E-state index is -4.77. The van der Waals surface area contributed by atoms with Gasteiger partial charge in [-0.25, -0.2) is 5.32 Å². The van der Waals surface area contributed by atoms with Crippen molar-refractivity contribution in [3.8, 4) is 11.5 Å². The van der Waals surface area contributed by atoms with Crippen molar-refractivity contribution in [3.05, 3.63) is 18.2 Å². The highest BCUT2D eigenvalue weighted by atomic mass is 19.4. The van der Waals surface area contributed by atoms with Gasteiger partial charge >= 0.3 is 6.36 Å². The third kappa shape index (κ3) is 2.36. The van der Waals surface area contributed by atoms with Crippen LogP contribution in [0.2, 0.25) is 0 Å². The highest BCUT2D eigenvalue weighted by molar-refractivity contribution is 5.85. The number of benzene rings is 1. The van der Waals surface area contributed by atoms with Gasteiger partial charge in [0.2, 0.25) is 0 Å². The number of halogens is 3. The smallest absolute Gasteiger partial charge is 0.481 e. The first-order valence-electron chi connectivity index (χ1n) is 4.21. The molecule has 0 aliphatic carbocycles. The van der Waals surface area contributed by atoms with Gasteiger partial charge in [-0.3, -0.25) is 4.79 Å². The molecule has 1 aromatic rings. The Hall–Kier alpha value is -1.92. The zero-order chi connectivity index (χ0) is 11.8. The molecule has 85 valence electrons. The number of amides is 1. The average Bonchev–Trinajstić information content (AvgIpc) is 2.14. The molecule has 2 rings (SSSR count). The van der Waals surface area contributed by atoms with E-state index in [1.165, 1.54) is 6.07 Å². The maximum Gasteiger partial charge on any atom is 0.573 e. The summed E-state index contributed by atoms with van der Waals surface area (Å²) < 4.78 is 44.3. The number of rotatable bonds is 1. The number of alkyl halides is 3. The van der Waals surface area contributed by atoms with Crippen LogP contribution in [0.4, 0.5) is 18.9 Å². The summed E-state index contributed by atoms with van der Waals surface area (Å²) in [4.78, 5) is 10.9. The van der Waals surface area contributed by atoms with Gasteiger partial charge in [-0.15, -0.1) is 13.2 Å². The fourth-order valence-electron chi connectivity index (χ4n) is 1.21. The molecule has 4 nitrogen and oxygen atoms in total. The minimum Gasteiger partial charge on any atom is -0.481 e. The minimum absolute atomic E-state index is 0.0398. The van der Waals surface area contributed by atoms with Gasteiger partial charge in [0.05, 0.1) is 0 Å². The topological polar surface area (TPSA) is 49.6 Å². The predicted molar refractivity (Wildman–Crippen MR) is 45.4 cm³/mol. The molecule has 0 saturated heterocycles. The van der Waals surface area contributed by atoms with E-state index in [0.717, 1.165) is 12.1 Å². The molecule has 7 heteroatoms. The third-order valence-corrected chi connectivity index (χ3v) is 1.76. The van der Waals surface area contributed by atoms with Crippen LogP contribution in [0.3, 0.4) is 0 Å². The molecule has 0 unspecified atom stereocenters. The molecular weight excluding hydrogens is 227 g/mol. The molecule has 0 aromatic heterocycles. The highest BCUT2D eigenvalue weighted by Crippen LogP contribution is 2.33. The van der Waals surface area contributed by atoms with Crippen LogP contribution in [0.5, 0.6) is 11.5 Å². The van der Waals surface area contributed by atoms with Crippen molar-refractivity contribution >= 4 is 11.6 Å². The first-order chi connectivity index (χ1) is 7.44. The summed E-state index contributed by atoms with van der Waals surface area (Å²) in [6.07, 6.45) is -4.77. The Morgan fingerprint density at radius 3 is 2.81 bits per heavy atom. The van der Waals surface area contributed by atoms with E-state index in [2.05, 4.69) is 10.1 Å². The fourth-order valence-corrected chi connectivity index (χ4v) is 1.21. The van der Waals surface area contributed by atoms with Crippen LogP contribution < -0.4 is 14.8 Å². The van der Waals surface area contributed by atoms with E-state index in [4.69, 9.17) is 4.74 Å². The van der Waals surface area contributed by atoms with Gasteiger partial charge in [0.15, 0.2) is 6.61 Å². The number of nitrogens with zero attached hydrogens (tertiary/aromatic N) is 1. The number of carbonyl (C=O) groups excluding carboxylic acids is 1. The molecule has 16 heavy (non-hydrogen) atoms. The lowest BCUT2D eigenvalue weighted by Gasteiger charge is -2.17. The summed E-state index contributed by atoms with van der Waals surface area (Å²) in [7, 11) is 0.